The van der Waals surface area contributed by atoms with Crippen molar-refractivity contribution in [1.82, 2.24) is 10.5 Å². The van der Waals surface area contributed by atoms with Crippen molar-refractivity contribution in [3.63, 3.8) is 0 Å². The first-order chi connectivity index (χ1) is 9.54. The fourth-order valence-corrected chi connectivity index (χ4v) is 3.34. The Morgan fingerprint density at radius 2 is 2.15 bits per heavy atom. The minimum atomic E-state index is -0.0749. The molecule has 0 saturated heterocycles. The summed E-state index contributed by atoms with van der Waals surface area (Å²) in [5, 5.41) is 7.05. The normalized spacial score (nSPS) is 24.4. The van der Waals surface area contributed by atoms with Gasteiger partial charge < -0.3 is 15.6 Å². The highest BCUT2D eigenvalue weighted by atomic mass is 16.5. The Kier molecular flexibility index (Phi) is 4.81. The minimum Gasteiger partial charge on any atom is -0.361 e. The first-order valence-electron chi connectivity index (χ1n) is 7.47. The number of aromatic nitrogens is 1. The number of amides is 1. The number of aryl methyl sites for hydroxylation is 2. The highest BCUT2D eigenvalue weighted by Gasteiger charge is 2.31. The maximum absolute atomic E-state index is 12.5. The average molecular weight is 279 g/mol. The van der Waals surface area contributed by atoms with Gasteiger partial charge in [0.05, 0.1) is 11.7 Å². The van der Waals surface area contributed by atoms with Crippen LogP contribution >= 0.6 is 0 Å². The topological polar surface area (TPSA) is 81.2 Å². The van der Waals surface area contributed by atoms with E-state index in [2.05, 4.69) is 10.5 Å². The third-order valence-electron chi connectivity index (χ3n) is 4.43. The van der Waals surface area contributed by atoms with Crippen LogP contribution in [0, 0.1) is 25.7 Å². The second kappa shape index (κ2) is 6.39. The summed E-state index contributed by atoms with van der Waals surface area (Å²) in [4.78, 5) is 12.5. The molecule has 5 nitrogen and oxygen atoms in total. The molecule has 5 heteroatoms. The quantitative estimate of drug-likeness (QED) is 0.885. The molecule has 0 spiro atoms. The molecular formula is C15H25N3O2. The molecule has 0 aromatic carbocycles. The average Bonchev–Trinajstić information content (AvgIpc) is 2.78. The molecular weight excluding hydrogens is 254 g/mol. The van der Waals surface area contributed by atoms with Gasteiger partial charge in [-0.1, -0.05) is 18.0 Å². The first-order valence-corrected chi connectivity index (χ1v) is 7.47. The lowest BCUT2D eigenvalue weighted by atomic mass is 9.78. The van der Waals surface area contributed by atoms with Gasteiger partial charge in [-0.15, -0.1) is 0 Å². The van der Waals surface area contributed by atoms with E-state index in [1.807, 2.05) is 20.8 Å². The third-order valence-corrected chi connectivity index (χ3v) is 4.43. The van der Waals surface area contributed by atoms with Gasteiger partial charge in [-0.05, 0) is 46.1 Å². The van der Waals surface area contributed by atoms with Gasteiger partial charge in [0, 0.05) is 11.5 Å². The Morgan fingerprint density at radius 3 is 2.75 bits per heavy atom. The maximum Gasteiger partial charge on any atom is 0.223 e. The number of carbonyl (C=O) groups excluding carboxylic acids is 1. The zero-order valence-corrected chi connectivity index (χ0v) is 12.6. The van der Waals surface area contributed by atoms with Crippen LogP contribution in [0.15, 0.2) is 4.52 Å². The maximum atomic E-state index is 12.5. The van der Waals surface area contributed by atoms with Gasteiger partial charge in [0.1, 0.15) is 5.76 Å². The van der Waals surface area contributed by atoms with Gasteiger partial charge in [0.15, 0.2) is 0 Å². The molecule has 1 aromatic heterocycles. The minimum absolute atomic E-state index is 0.0525. The molecule has 2 rings (SSSR count). The van der Waals surface area contributed by atoms with E-state index >= 15 is 0 Å². The molecule has 20 heavy (non-hydrogen) atoms. The number of rotatable bonds is 4. The number of nitrogens with zero attached hydrogens (tertiary/aromatic N) is 1. The molecule has 0 aliphatic heterocycles. The molecule has 3 N–H and O–H groups in total. The summed E-state index contributed by atoms with van der Waals surface area (Å²) >= 11 is 0. The number of carbonyl (C=O) groups is 1. The molecule has 0 bridgehead atoms. The summed E-state index contributed by atoms with van der Waals surface area (Å²) in [7, 11) is 0. The Bertz CT molecular complexity index is 450. The second-order valence-electron chi connectivity index (χ2n) is 5.85. The van der Waals surface area contributed by atoms with Crippen LogP contribution in [0.1, 0.15) is 55.7 Å². The van der Waals surface area contributed by atoms with Crippen molar-refractivity contribution < 1.29 is 9.32 Å². The molecule has 1 aliphatic rings. The third kappa shape index (κ3) is 3.03. The Balaban J connectivity index is 2.03. The van der Waals surface area contributed by atoms with E-state index in [1.165, 1.54) is 6.42 Å². The molecule has 1 saturated carbocycles. The molecule has 0 radical (unpaired) electrons. The summed E-state index contributed by atoms with van der Waals surface area (Å²) in [5.74, 6) is 1.26. The highest BCUT2D eigenvalue weighted by Crippen LogP contribution is 2.30. The lowest BCUT2D eigenvalue weighted by Crippen LogP contribution is -2.40. The van der Waals surface area contributed by atoms with Crippen molar-refractivity contribution in [1.29, 1.82) is 0 Å². The van der Waals surface area contributed by atoms with Crippen molar-refractivity contribution in [3.8, 4) is 0 Å². The molecule has 1 aliphatic carbocycles. The largest absolute Gasteiger partial charge is 0.361 e. The SMILES string of the molecule is Cc1noc(C)c1C(C)NC(=O)C1CCCCC1CN. The van der Waals surface area contributed by atoms with E-state index in [9.17, 15) is 4.79 Å². The zero-order chi connectivity index (χ0) is 14.7. The number of hydrogen-bond acceptors (Lipinski definition) is 4. The molecule has 112 valence electrons. The van der Waals surface area contributed by atoms with Crippen LogP contribution in [0.5, 0.6) is 0 Å². The van der Waals surface area contributed by atoms with E-state index in [-0.39, 0.29) is 17.9 Å². The Labute approximate surface area is 120 Å². The summed E-state index contributed by atoms with van der Waals surface area (Å²) in [6.45, 7) is 6.35. The molecule has 3 unspecified atom stereocenters. The van der Waals surface area contributed by atoms with Crippen LogP contribution in [-0.4, -0.2) is 17.6 Å². The lowest BCUT2D eigenvalue weighted by Gasteiger charge is -2.30. The van der Waals surface area contributed by atoms with Gasteiger partial charge in [-0.2, -0.15) is 0 Å². The van der Waals surface area contributed by atoms with Gasteiger partial charge in [0.25, 0.3) is 0 Å². The molecule has 1 amide bonds. The zero-order valence-electron chi connectivity index (χ0n) is 12.6. The van der Waals surface area contributed by atoms with Gasteiger partial charge in [-0.25, -0.2) is 0 Å². The van der Waals surface area contributed by atoms with Crippen LogP contribution in [0.4, 0.5) is 0 Å². The molecule has 1 fully saturated rings. The number of hydrogen-bond donors (Lipinski definition) is 2. The first kappa shape index (κ1) is 15.0. The van der Waals surface area contributed by atoms with Crippen LogP contribution < -0.4 is 11.1 Å². The van der Waals surface area contributed by atoms with Crippen molar-refractivity contribution in [2.45, 2.75) is 52.5 Å². The fourth-order valence-electron chi connectivity index (χ4n) is 3.34. The number of nitrogens with two attached hydrogens (primary N) is 1. The van der Waals surface area contributed by atoms with Crippen molar-refractivity contribution in [2.75, 3.05) is 6.54 Å². The van der Waals surface area contributed by atoms with Crippen LogP contribution in [0.25, 0.3) is 0 Å². The van der Waals surface area contributed by atoms with Crippen molar-refractivity contribution >= 4 is 5.91 Å². The lowest BCUT2D eigenvalue weighted by molar-refractivity contribution is -0.128. The monoisotopic (exact) mass is 279 g/mol. The standard InChI is InChI=1S/C15H25N3O2/c1-9(14-10(2)18-20-11(14)3)17-15(19)13-7-5-4-6-12(13)8-16/h9,12-13H,4-8,16H2,1-3H3,(H,17,19). The van der Waals surface area contributed by atoms with Crippen molar-refractivity contribution in [2.24, 2.45) is 17.6 Å². The fraction of sp³-hybridized carbons (Fsp3) is 0.733. The number of nitrogens with one attached hydrogen (secondary N) is 1. The molecule has 3 atom stereocenters. The highest BCUT2D eigenvalue weighted by molar-refractivity contribution is 5.79. The predicted molar refractivity (Wildman–Crippen MR) is 77.0 cm³/mol. The van der Waals surface area contributed by atoms with Crippen LogP contribution in [-0.2, 0) is 4.79 Å². The van der Waals surface area contributed by atoms with Crippen LogP contribution in [0.3, 0.4) is 0 Å². The van der Waals surface area contributed by atoms with E-state index in [1.54, 1.807) is 0 Å². The van der Waals surface area contributed by atoms with E-state index in [0.29, 0.717) is 12.5 Å². The Hall–Kier alpha value is -1.36. The molecule has 1 aromatic rings. The van der Waals surface area contributed by atoms with Gasteiger partial charge in [-0.3, -0.25) is 4.79 Å². The smallest absolute Gasteiger partial charge is 0.223 e. The van der Waals surface area contributed by atoms with E-state index < -0.39 is 0 Å². The van der Waals surface area contributed by atoms with Gasteiger partial charge >= 0.3 is 0 Å². The summed E-state index contributed by atoms with van der Waals surface area (Å²) in [6, 6.07) is -0.0749. The van der Waals surface area contributed by atoms with E-state index in [4.69, 9.17) is 10.3 Å². The molecule has 1 heterocycles. The van der Waals surface area contributed by atoms with E-state index in [0.717, 1.165) is 36.3 Å². The predicted octanol–water partition coefficient (Wildman–Crippen LogP) is 2.23. The summed E-state index contributed by atoms with van der Waals surface area (Å²) in [6.07, 6.45) is 4.32. The Morgan fingerprint density at radius 1 is 1.45 bits per heavy atom. The van der Waals surface area contributed by atoms with Crippen LogP contribution in [0.2, 0.25) is 0 Å². The van der Waals surface area contributed by atoms with Gasteiger partial charge in [0.2, 0.25) is 5.91 Å². The summed E-state index contributed by atoms with van der Waals surface area (Å²) in [5.41, 5.74) is 7.63. The second-order valence-corrected chi connectivity index (χ2v) is 5.85. The van der Waals surface area contributed by atoms with Crippen molar-refractivity contribution in [3.05, 3.63) is 17.0 Å². The summed E-state index contributed by atoms with van der Waals surface area (Å²) < 4.78 is 5.16.